The van der Waals surface area contributed by atoms with E-state index in [0.29, 0.717) is 5.69 Å². The van der Waals surface area contributed by atoms with Crippen LogP contribution in [-0.4, -0.2) is 47.0 Å². The summed E-state index contributed by atoms with van der Waals surface area (Å²) < 4.78 is 5.18. The van der Waals surface area contributed by atoms with E-state index in [9.17, 15) is 4.79 Å². The summed E-state index contributed by atoms with van der Waals surface area (Å²) in [4.78, 5) is 22.5. The topological polar surface area (TPSA) is 67.3 Å². The van der Waals surface area contributed by atoms with E-state index in [1.54, 1.807) is 13.3 Å². The fraction of sp³-hybridized carbons (Fsp3) is 0.389. The van der Waals surface area contributed by atoms with Gasteiger partial charge in [-0.05, 0) is 30.5 Å². The second kappa shape index (κ2) is 7.88. The SMILES string of the molecule is COc1ccc(CN2CCC(NC(=O)c3cnccn3)CC2)cc1. The van der Waals surface area contributed by atoms with Crippen molar-refractivity contribution in [3.05, 3.63) is 54.1 Å². The van der Waals surface area contributed by atoms with Crippen LogP contribution in [0.25, 0.3) is 0 Å². The minimum atomic E-state index is -0.142. The summed E-state index contributed by atoms with van der Waals surface area (Å²) >= 11 is 0. The Morgan fingerprint density at radius 1 is 1.25 bits per heavy atom. The monoisotopic (exact) mass is 326 g/mol. The van der Waals surface area contributed by atoms with E-state index in [4.69, 9.17) is 4.74 Å². The molecule has 2 heterocycles. The summed E-state index contributed by atoms with van der Waals surface area (Å²) in [5.41, 5.74) is 1.65. The average Bonchev–Trinajstić information content (AvgIpc) is 2.65. The van der Waals surface area contributed by atoms with E-state index in [1.165, 1.54) is 18.0 Å². The number of piperidine rings is 1. The van der Waals surface area contributed by atoms with Gasteiger partial charge in [-0.15, -0.1) is 0 Å². The smallest absolute Gasteiger partial charge is 0.271 e. The third kappa shape index (κ3) is 4.29. The lowest BCUT2D eigenvalue weighted by Gasteiger charge is -2.32. The maximum atomic E-state index is 12.1. The summed E-state index contributed by atoms with van der Waals surface area (Å²) in [7, 11) is 1.68. The lowest BCUT2D eigenvalue weighted by molar-refractivity contribution is 0.0903. The second-order valence-electron chi connectivity index (χ2n) is 5.96. The second-order valence-corrected chi connectivity index (χ2v) is 5.96. The third-order valence-electron chi connectivity index (χ3n) is 4.28. The highest BCUT2D eigenvalue weighted by molar-refractivity contribution is 5.92. The Morgan fingerprint density at radius 3 is 2.62 bits per heavy atom. The van der Waals surface area contributed by atoms with Crippen molar-refractivity contribution in [1.29, 1.82) is 0 Å². The molecule has 3 rings (SSSR count). The first-order valence-corrected chi connectivity index (χ1v) is 8.17. The molecule has 0 unspecified atom stereocenters. The van der Waals surface area contributed by atoms with Crippen LogP contribution in [0.5, 0.6) is 5.75 Å². The molecule has 6 heteroatoms. The first-order chi connectivity index (χ1) is 11.7. The van der Waals surface area contributed by atoms with E-state index in [2.05, 4.69) is 32.3 Å². The van der Waals surface area contributed by atoms with Gasteiger partial charge in [0.25, 0.3) is 5.91 Å². The average molecular weight is 326 g/mol. The quantitative estimate of drug-likeness (QED) is 0.909. The number of nitrogens with one attached hydrogen (secondary N) is 1. The molecule has 1 aliphatic heterocycles. The van der Waals surface area contributed by atoms with Gasteiger partial charge in [0.15, 0.2) is 0 Å². The summed E-state index contributed by atoms with van der Waals surface area (Å²) in [5, 5.41) is 3.05. The molecule has 0 saturated carbocycles. The van der Waals surface area contributed by atoms with E-state index in [0.717, 1.165) is 38.2 Å². The Kier molecular flexibility index (Phi) is 5.38. The Hall–Kier alpha value is -2.47. The van der Waals surface area contributed by atoms with Gasteiger partial charge < -0.3 is 10.1 Å². The predicted octanol–water partition coefficient (Wildman–Crippen LogP) is 1.88. The van der Waals surface area contributed by atoms with Crippen LogP contribution in [0.4, 0.5) is 0 Å². The van der Waals surface area contributed by atoms with Crippen molar-refractivity contribution >= 4 is 5.91 Å². The number of hydrogen-bond donors (Lipinski definition) is 1. The molecule has 1 aliphatic rings. The minimum absolute atomic E-state index is 0.142. The molecule has 1 N–H and O–H groups in total. The van der Waals surface area contributed by atoms with Crippen LogP contribution in [0.2, 0.25) is 0 Å². The molecule has 0 atom stereocenters. The highest BCUT2D eigenvalue weighted by atomic mass is 16.5. The van der Waals surface area contributed by atoms with E-state index in [1.807, 2.05) is 12.1 Å². The zero-order valence-electron chi connectivity index (χ0n) is 13.8. The molecule has 0 aliphatic carbocycles. The maximum Gasteiger partial charge on any atom is 0.271 e. The number of rotatable bonds is 5. The van der Waals surface area contributed by atoms with Gasteiger partial charge >= 0.3 is 0 Å². The van der Waals surface area contributed by atoms with Gasteiger partial charge in [-0.3, -0.25) is 14.7 Å². The summed E-state index contributed by atoms with van der Waals surface area (Å²) in [6.07, 6.45) is 6.49. The molecule has 0 bridgehead atoms. The highest BCUT2D eigenvalue weighted by Crippen LogP contribution is 2.16. The number of methoxy groups -OCH3 is 1. The first-order valence-electron chi connectivity index (χ1n) is 8.17. The summed E-state index contributed by atoms with van der Waals surface area (Å²) in [5.74, 6) is 0.737. The normalized spacial score (nSPS) is 15.9. The fourth-order valence-corrected chi connectivity index (χ4v) is 2.90. The molecule has 126 valence electrons. The number of hydrogen-bond acceptors (Lipinski definition) is 5. The number of benzene rings is 1. The number of carbonyl (C=O) groups is 1. The third-order valence-corrected chi connectivity index (χ3v) is 4.28. The van der Waals surface area contributed by atoms with Crippen molar-refractivity contribution in [3.63, 3.8) is 0 Å². The van der Waals surface area contributed by atoms with Crippen LogP contribution >= 0.6 is 0 Å². The van der Waals surface area contributed by atoms with E-state index in [-0.39, 0.29) is 11.9 Å². The van der Waals surface area contributed by atoms with Crippen LogP contribution in [0.1, 0.15) is 28.9 Å². The van der Waals surface area contributed by atoms with Crippen molar-refractivity contribution in [3.8, 4) is 5.75 Å². The molecule has 1 amide bonds. The summed E-state index contributed by atoms with van der Waals surface area (Å²) in [6.45, 7) is 2.86. The van der Waals surface area contributed by atoms with Gasteiger partial charge in [-0.25, -0.2) is 4.98 Å². The van der Waals surface area contributed by atoms with Crippen molar-refractivity contribution in [2.75, 3.05) is 20.2 Å². The number of aromatic nitrogens is 2. The lowest BCUT2D eigenvalue weighted by Crippen LogP contribution is -2.44. The number of carbonyl (C=O) groups excluding carboxylic acids is 1. The number of likely N-dealkylation sites (tertiary alicyclic amines) is 1. The van der Waals surface area contributed by atoms with E-state index < -0.39 is 0 Å². The Bertz CT molecular complexity index is 652. The number of amides is 1. The van der Waals surface area contributed by atoms with Crippen LogP contribution in [0.15, 0.2) is 42.9 Å². The molecule has 1 saturated heterocycles. The van der Waals surface area contributed by atoms with Crippen molar-refractivity contribution in [2.45, 2.75) is 25.4 Å². The van der Waals surface area contributed by atoms with Crippen LogP contribution in [0.3, 0.4) is 0 Å². The van der Waals surface area contributed by atoms with Gasteiger partial charge in [0, 0.05) is 38.1 Å². The first kappa shape index (κ1) is 16.4. The molecular formula is C18H22N4O2. The maximum absolute atomic E-state index is 12.1. The van der Waals surface area contributed by atoms with Crippen molar-refractivity contribution < 1.29 is 9.53 Å². The van der Waals surface area contributed by atoms with Crippen molar-refractivity contribution in [2.24, 2.45) is 0 Å². The van der Waals surface area contributed by atoms with Gasteiger partial charge in [0.05, 0.1) is 13.3 Å². The van der Waals surface area contributed by atoms with Crippen molar-refractivity contribution in [1.82, 2.24) is 20.2 Å². The van der Waals surface area contributed by atoms with Gasteiger partial charge in [0.2, 0.25) is 0 Å². The zero-order chi connectivity index (χ0) is 16.8. The molecule has 1 fully saturated rings. The number of ether oxygens (including phenoxy) is 1. The standard InChI is InChI=1S/C18H22N4O2/c1-24-16-4-2-14(3-5-16)13-22-10-6-15(7-11-22)21-18(23)17-12-19-8-9-20-17/h2-5,8-9,12,15H,6-7,10-11,13H2,1H3,(H,21,23). The molecule has 1 aromatic carbocycles. The molecule has 24 heavy (non-hydrogen) atoms. The Balaban J connectivity index is 1.46. The predicted molar refractivity (Wildman–Crippen MR) is 90.8 cm³/mol. The Labute approximate surface area is 141 Å². The minimum Gasteiger partial charge on any atom is -0.497 e. The molecule has 0 spiro atoms. The van der Waals surface area contributed by atoms with Gasteiger partial charge in [-0.1, -0.05) is 12.1 Å². The van der Waals surface area contributed by atoms with Crippen LogP contribution < -0.4 is 10.1 Å². The molecule has 2 aromatic rings. The van der Waals surface area contributed by atoms with Gasteiger partial charge in [0.1, 0.15) is 11.4 Å². The Morgan fingerprint density at radius 2 is 2.00 bits per heavy atom. The highest BCUT2D eigenvalue weighted by Gasteiger charge is 2.21. The fourth-order valence-electron chi connectivity index (χ4n) is 2.90. The lowest BCUT2D eigenvalue weighted by atomic mass is 10.0. The molecule has 0 radical (unpaired) electrons. The van der Waals surface area contributed by atoms with Crippen LogP contribution in [-0.2, 0) is 6.54 Å². The number of nitrogens with zero attached hydrogens (tertiary/aromatic N) is 3. The van der Waals surface area contributed by atoms with Gasteiger partial charge in [-0.2, -0.15) is 0 Å². The summed E-state index contributed by atoms with van der Waals surface area (Å²) in [6, 6.07) is 8.38. The molecule has 6 nitrogen and oxygen atoms in total. The largest absolute Gasteiger partial charge is 0.497 e. The van der Waals surface area contributed by atoms with Crippen LogP contribution in [0, 0.1) is 0 Å². The molecular weight excluding hydrogens is 304 g/mol. The zero-order valence-corrected chi connectivity index (χ0v) is 13.8. The molecule has 1 aromatic heterocycles. The van der Waals surface area contributed by atoms with E-state index >= 15 is 0 Å².